The molecule has 0 atom stereocenters. The second kappa shape index (κ2) is 6.53. The third-order valence-electron chi connectivity index (χ3n) is 4.67. The van der Waals surface area contributed by atoms with Crippen molar-refractivity contribution in [2.75, 3.05) is 44.6 Å². The summed E-state index contributed by atoms with van der Waals surface area (Å²) in [6.45, 7) is 9.93. The molecule has 1 aliphatic carbocycles. The highest BCUT2D eigenvalue weighted by Crippen LogP contribution is 2.38. The Morgan fingerprint density at radius 3 is 2.06 bits per heavy atom. The number of nitrogens with zero attached hydrogens (tertiary/aromatic N) is 2. The van der Waals surface area contributed by atoms with Crippen LogP contribution in [0.25, 0.3) is 0 Å². The normalized spacial score (nSPS) is 27.2. The smallest absolute Gasteiger partial charge is 0.0110 e. The highest BCUT2D eigenvalue weighted by molar-refractivity contribution is 9.09. The molecule has 0 aromatic carbocycles. The lowest BCUT2D eigenvalue weighted by molar-refractivity contribution is 0.0775. The first-order valence-electron chi connectivity index (χ1n) is 7.29. The first-order chi connectivity index (χ1) is 8.28. The Kier molecular flexibility index (Phi) is 5.31. The summed E-state index contributed by atoms with van der Waals surface area (Å²) in [5.41, 5.74) is 0.590. The predicted octanol–water partition coefficient (Wildman–Crippen LogP) is 2.97. The molecule has 0 bridgehead atoms. The largest absolute Gasteiger partial charge is 0.301 e. The zero-order valence-corrected chi connectivity index (χ0v) is 12.8. The molecular formula is C14H27BrN2. The maximum Gasteiger partial charge on any atom is 0.0110 e. The van der Waals surface area contributed by atoms with Crippen LogP contribution in [0.4, 0.5) is 0 Å². The van der Waals surface area contributed by atoms with Crippen LogP contribution in [0.15, 0.2) is 0 Å². The van der Waals surface area contributed by atoms with Crippen LogP contribution in [0.5, 0.6) is 0 Å². The van der Waals surface area contributed by atoms with Gasteiger partial charge in [0, 0.05) is 38.1 Å². The summed E-state index contributed by atoms with van der Waals surface area (Å²) in [7, 11) is 0. The van der Waals surface area contributed by atoms with Crippen molar-refractivity contribution >= 4 is 15.9 Å². The van der Waals surface area contributed by atoms with Gasteiger partial charge < -0.3 is 9.80 Å². The molecule has 0 aromatic heterocycles. The van der Waals surface area contributed by atoms with Gasteiger partial charge in [-0.2, -0.15) is 0 Å². The van der Waals surface area contributed by atoms with Gasteiger partial charge in [0.1, 0.15) is 0 Å². The number of hydrogen-bond acceptors (Lipinski definition) is 2. The van der Waals surface area contributed by atoms with E-state index in [9.17, 15) is 0 Å². The standard InChI is InChI=1S/C14H27BrN2/c1-2-16-8-10-17(11-9-16)13-14(12-15)6-4-3-5-7-14/h2-13H2,1H3. The summed E-state index contributed by atoms with van der Waals surface area (Å²) in [6.07, 6.45) is 7.22. The Morgan fingerprint density at radius 1 is 0.941 bits per heavy atom. The zero-order chi connectivity index (χ0) is 12.1. The van der Waals surface area contributed by atoms with Crippen molar-refractivity contribution in [2.24, 2.45) is 5.41 Å². The number of likely N-dealkylation sites (N-methyl/N-ethyl adjacent to an activating group) is 1. The molecule has 17 heavy (non-hydrogen) atoms. The molecule has 100 valence electrons. The monoisotopic (exact) mass is 302 g/mol. The Labute approximate surface area is 115 Å². The average molecular weight is 303 g/mol. The number of piperazine rings is 1. The third kappa shape index (κ3) is 3.68. The fraction of sp³-hybridized carbons (Fsp3) is 1.00. The maximum absolute atomic E-state index is 3.78. The lowest BCUT2D eigenvalue weighted by Crippen LogP contribution is -2.50. The van der Waals surface area contributed by atoms with Crippen LogP contribution in [0, 0.1) is 5.41 Å². The predicted molar refractivity (Wildman–Crippen MR) is 77.9 cm³/mol. The van der Waals surface area contributed by atoms with E-state index >= 15 is 0 Å². The minimum atomic E-state index is 0.590. The molecule has 2 rings (SSSR count). The molecule has 1 saturated heterocycles. The van der Waals surface area contributed by atoms with Crippen molar-refractivity contribution in [3.8, 4) is 0 Å². The van der Waals surface area contributed by atoms with Gasteiger partial charge in [-0.3, -0.25) is 0 Å². The van der Waals surface area contributed by atoms with Gasteiger partial charge in [-0.25, -0.2) is 0 Å². The van der Waals surface area contributed by atoms with Crippen molar-refractivity contribution in [1.29, 1.82) is 0 Å². The van der Waals surface area contributed by atoms with Gasteiger partial charge in [-0.1, -0.05) is 42.1 Å². The van der Waals surface area contributed by atoms with E-state index in [1.165, 1.54) is 76.7 Å². The van der Waals surface area contributed by atoms with Crippen LogP contribution >= 0.6 is 15.9 Å². The first-order valence-corrected chi connectivity index (χ1v) is 8.41. The van der Waals surface area contributed by atoms with Gasteiger partial charge in [0.2, 0.25) is 0 Å². The van der Waals surface area contributed by atoms with Crippen LogP contribution in [0.3, 0.4) is 0 Å². The first kappa shape index (κ1) is 13.8. The maximum atomic E-state index is 3.78. The van der Waals surface area contributed by atoms with Crippen molar-refractivity contribution in [2.45, 2.75) is 39.0 Å². The molecular weight excluding hydrogens is 276 g/mol. The minimum Gasteiger partial charge on any atom is -0.301 e. The molecule has 2 fully saturated rings. The highest BCUT2D eigenvalue weighted by Gasteiger charge is 2.33. The minimum absolute atomic E-state index is 0.590. The van der Waals surface area contributed by atoms with Gasteiger partial charge in [-0.15, -0.1) is 0 Å². The fourth-order valence-electron chi connectivity index (χ4n) is 3.37. The zero-order valence-electron chi connectivity index (χ0n) is 11.3. The summed E-state index contributed by atoms with van der Waals surface area (Å²) in [4.78, 5) is 5.27. The second-order valence-corrected chi connectivity index (χ2v) is 6.47. The molecule has 0 N–H and O–H groups in total. The van der Waals surface area contributed by atoms with Crippen LogP contribution in [-0.4, -0.2) is 54.4 Å². The molecule has 0 spiro atoms. The quantitative estimate of drug-likeness (QED) is 0.737. The summed E-state index contributed by atoms with van der Waals surface area (Å²) >= 11 is 3.78. The summed E-state index contributed by atoms with van der Waals surface area (Å²) in [5.74, 6) is 0. The Hall–Kier alpha value is 0.400. The van der Waals surface area contributed by atoms with Gasteiger partial charge in [0.05, 0.1) is 0 Å². The highest BCUT2D eigenvalue weighted by atomic mass is 79.9. The summed E-state index contributed by atoms with van der Waals surface area (Å²) in [5, 5.41) is 1.20. The molecule has 0 amide bonds. The molecule has 0 unspecified atom stereocenters. The molecule has 1 aliphatic heterocycles. The lowest BCUT2D eigenvalue weighted by atomic mass is 9.75. The van der Waals surface area contributed by atoms with E-state index < -0.39 is 0 Å². The van der Waals surface area contributed by atoms with Gasteiger partial charge in [0.15, 0.2) is 0 Å². The van der Waals surface area contributed by atoms with Crippen LogP contribution in [0.1, 0.15) is 39.0 Å². The van der Waals surface area contributed by atoms with E-state index in [-0.39, 0.29) is 0 Å². The molecule has 1 heterocycles. The SMILES string of the molecule is CCN1CCN(CC2(CBr)CCCCC2)CC1. The van der Waals surface area contributed by atoms with Crippen LogP contribution in [-0.2, 0) is 0 Å². The number of rotatable bonds is 4. The van der Waals surface area contributed by atoms with Gasteiger partial charge in [-0.05, 0) is 24.8 Å². The van der Waals surface area contributed by atoms with Crippen LogP contribution < -0.4 is 0 Å². The topological polar surface area (TPSA) is 6.48 Å². The third-order valence-corrected chi connectivity index (χ3v) is 5.86. The summed E-state index contributed by atoms with van der Waals surface area (Å²) < 4.78 is 0. The van der Waals surface area contributed by atoms with Gasteiger partial charge in [0.25, 0.3) is 0 Å². The number of alkyl halides is 1. The lowest BCUT2D eigenvalue weighted by Gasteiger charge is -2.43. The number of halogens is 1. The van der Waals surface area contributed by atoms with E-state index in [1.54, 1.807) is 0 Å². The van der Waals surface area contributed by atoms with E-state index in [2.05, 4.69) is 32.7 Å². The van der Waals surface area contributed by atoms with E-state index in [0.717, 1.165) is 0 Å². The van der Waals surface area contributed by atoms with Crippen molar-refractivity contribution in [3.63, 3.8) is 0 Å². The van der Waals surface area contributed by atoms with Crippen molar-refractivity contribution < 1.29 is 0 Å². The van der Waals surface area contributed by atoms with E-state index in [0.29, 0.717) is 5.41 Å². The van der Waals surface area contributed by atoms with E-state index in [1.807, 2.05) is 0 Å². The molecule has 0 radical (unpaired) electrons. The molecule has 0 aromatic rings. The van der Waals surface area contributed by atoms with Crippen LogP contribution in [0.2, 0.25) is 0 Å². The molecule has 1 saturated carbocycles. The Bertz CT molecular complexity index is 218. The Balaban J connectivity index is 1.82. The van der Waals surface area contributed by atoms with Crippen molar-refractivity contribution in [3.05, 3.63) is 0 Å². The fourth-order valence-corrected chi connectivity index (χ4v) is 4.11. The average Bonchev–Trinajstić information content (AvgIpc) is 2.41. The molecule has 3 heteroatoms. The Morgan fingerprint density at radius 2 is 1.53 bits per heavy atom. The summed E-state index contributed by atoms with van der Waals surface area (Å²) in [6, 6.07) is 0. The molecule has 2 nitrogen and oxygen atoms in total. The number of hydrogen-bond donors (Lipinski definition) is 0. The second-order valence-electron chi connectivity index (χ2n) is 5.90. The van der Waals surface area contributed by atoms with Crippen molar-refractivity contribution in [1.82, 2.24) is 9.80 Å². The van der Waals surface area contributed by atoms with E-state index in [4.69, 9.17) is 0 Å². The molecule has 2 aliphatic rings. The van der Waals surface area contributed by atoms with Gasteiger partial charge >= 0.3 is 0 Å².